The van der Waals surface area contributed by atoms with Gasteiger partial charge in [-0.2, -0.15) is 5.26 Å². The molecule has 5 heteroatoms. The van der Waals surface area contributed by atoms with Gasteiger partial charge in [0.05, 0.1) is 17.2 Å². The molecule has 0 aliphatic heterocycles. The lowest BCUT2D eigenvalue weighted by molar-refractivity contribution is -0.125. The monoisotopic (exact) mass is 300 g/mol. The fraction of sp³-hybridized carbons (Fsp3) is 0.471. The van der Waals surface area contributed by atoms with Gasteiger partial charge in [0, 0.05) is 6.04 Å². The van der Waals surface area contributed by atoms with Gasteiger partial charge in [-0.15, -0.1) is 0 Å². The van der Waals surface area contributed by atoms with Gasteiger partial charge >= 0.3 is 5.97 Å². The molecule has 1 aliphatic rings. The van der Waals surface area contributed by atoms with Crippen molar-refractivity contribution in [3.05, 3.63) is 35.4 Å². The lowest BCUT2D eigenvalue weighted by atomic mass is 10.1. The molecule has 1 aromatic rings. The van der Waals surface area contributed by atoms with Gasteiger partial charge < -0.3 is 10.1 Å². The number of benzene rings is 1. The zero-order chi connectivity index (χ0) is 15.8. The molecule has 1 amide bonds. The van der Waals surface area contributed by atoms with Gasteiger partial charge in [-0.25, -0.2) is 4.79 Å². The number of carbonyl (C=O) groups is 2. The summed E-state index contributed by atoms with van der Waals surface area (Å²) in [6, 6.07) is 8.30. The van der Waals surface area contributed by atoms with Crippen LogP contribution < -0.4 is 5.32 Å². The van der Waals surface area contributed by atoms with Gasteiger partial charge in [0.1, 0.15) is 0 Å². The molecule has 0 aromatic heterocycles. The molecule has 1 saturated carbocycles. The predicted octanol–water partition coefficient (Wildman–Crippen LogP) is 2.55. The minimum Gasteiger partial charge on any atom is -0.452 e. The quantitative estimate of drug-likeness (QED) is 0.684. The maximum Gasteiger partial charge on any atom is 0.338 e. The summed E-state index contributed by atoms with van der Waals surface area (Å²) in [4.78, 5) is 23.6. The number of nitrogens with zero attached hydrogens (tertiary/aromatic N) is 1. The van der Waals surface area contributed by atoms with Crippen LogP contribution in [0.4, 0.5) is 0 Å². The molecule has 1 fully saturated rings. The van der Waals surface area contributed by atoms with Crippen molar-refractivity contribution in [2.45, 2.75) is 44.6 Å². The molecule has 1 aliphatic carbocycles. The van der Waals surface area contributed by atoms with E-state index in [-0.39, 0.29) is 18.6 Å². The standard InChI is InChI=1S/C17H20N2O3/c18-11-13-7-9-14(10-8-13)17(21)22-12-16(20)19-15-5-3-1-2-4-6-15/h7-10,15H,1-6,12H2,(H,19,20). The summed E-state index contributed by atoms with van der Waals surface area (Å²) in [6.45, 7) is -0.269. The van der Waals surface area contributed by atoms with Gasteiger partial charge in [-0.3, -0.25) is 4.79 Å². The van der Waals surface area contributed by atoms with Crippen LogP contribution in [-0.2, 0) is 9.53 Å². The number of rotatable bonds is 4. The second-order valence-electron chi connectivity index (χ2n) is 5.52. The Kier molecular flexibility index (Phi) is 5.96. The maximum atomic E-state index is 11.8. The summed E-state index contributed by atoms with van der Waals surface area (Å²) in [5.41, 5.74) is 0.809. The number of hydrogen-bond donors (Lipinski definition) is 1. The van der Waals surface area contributed by atoms with Crippen molar-refractivity contribution < 1.29 is 14.3 Å². The van der Waals surface area contributed by atoms with E-state index in [9.17, 15) is 9.59 Å². The number of esters is 1. The number of nitriles is 1. The Hall–Kier alpha value is -2.35. The van der Waals surface area contributed by atoms with Crippen LogP contribution in [0.25, 0.3) is 0 Å². The summed E-state index contributed by atoms with van der Waals surface area (Å²) in [5.74, 6) is -0.811. The SMILES string of the molecule is N#Cc1ccc(C(=O)OCC(=O)NC2CCCCCC2)cc1. The van der Waals surface area contributed by atoms with E-state index in [2.05, 4.69) is 5.32 Å². The second kappa shape index (κ2) is 8.18. The Morgan fingerprint density at radius 1 is 1.14 bits per heavy atom. The fourth-order valence-corrected chi connectivity index (χ4v) is 2.59. The Morgan fingerprint density at radius 2 is 1.77 bits per heavy atom. The van der Waals surface area contributed by atoms with Crippen molar-refractivity contribution in [2.24, 2.45) is 0 Å². The summed E-state index contributed by atoms with van der Waals surface area (Å²) in [7, 11) is 0. The first-order chi connectivity index (χ1) is 10.7. The lowest BCUT2D eigenvalue weighted by Gasteiger charge is -2.16. The van der Waals surface area contributed by atoms with Crippen molar-refractivity contribution in [2.75, 3.05) is 6.61 Å². The van der Waals surface area contributed by atoms with Crippen LogP contribution in [0.5, 0.6) is 0 Å². The van der Waals surface area contributed by atoms with Crippen LogP contribution >= 0.6 is 0 Å². The molecular weight excluding hydrogens is 280 g/mol. The number of ether oxygens (including phenoxy) is 1. The van der Waals surface area contributed by atoms with Crippen LogP contribution in [0.1, 0.15) is 54.4 Å². The second-order valence-corrected chi connectivity index (χ2v) is 5.52. The van der Waals surface area contributed by atoms with E-state index in [1.807, 2.05) is 6.07 Å². The maximum absolute atomic E-state index is 11.8. The fourth-order valence-electron chi connectivity index (χ4n) is 2.59. The van der Waals surface area contributed by atoms with Gasteiger partial charge in [0.25, 0.3) is 5.91 Å². The molecule has 0 bridgehead atoms. The predicted molar refractivity (Wildman–Crippen MR) is 81.1 cm³/mol. The van der Waals surface area contributed by atoms with E-state index in [4.69, 9.17) is 10.00 Å². The number of nitrogens with one attached hydrogen (secondary N) is 1. The third kappa shape index (κ3) is 4.88. The highest BCUT2D eigenvalue weighted by molar-refractivity contribution is 5.91. The third-order valence-electron chi connectivity index (χ3n) is 3.80. The molecule has 1 aromatic carbocycles. The Bertz CT molecular complexity index is 552. The Balaban J connectivity index is 1.77. The molecule has 2 rings (SSSR count). The molecule has 22 heavy (non-hydrogen) atoms. The summed E-state index contributed by atoms with van der Waals surface area (Å²) in [6.07, 6.45) is 6.71. The van der Waals surface area contributed by atoms with E-state index in [1.54, 1.807) is 12.1 Å². The normalized spacial score (nSPS) is 15.4. The minimum absolute atomic E-state index is 0.198. The number of carbonyl (C=O) groups excluding carboxylic acids is 2. The highest BCUT2D eigenvalue weighted by Crippen LogP contribution is 2.17. The van der Waals surface area contributed by atoms with E-state index in [1.165, 1.54) is 25.0 Å². The van der Waals surface area contributed by atoms with Crippen molar-refractivity contribution in [1.82, 2.24) is 5.32 Å². The molecule has 1 N–H and O–H groups in total. The molecule has 5 nitrogen and oxygen atoms in total. The van der Waals surface area contributed by atoms with Crippen LogP contribution in [-0.4, -0.2) is 24.5 Å². The largest absolute Gasteiger partial charge is 0.452 e. The molecule has 0 unspecified atom stereocenters. The van der Waals surface area contributed by atoms with Gasteiger partial charge in [-0.1, -0.05) is 25.7 Å². The third-order valence-corrected chi connectivity index (χ3v) is 3.80. The van der Waals surface area contributed by atoms with Crippen LogP contribution in [0.3, 0.4) is 0 Å². The van der Waals surface area contributed by atoms with Gasteiger partial charge in [0.15, 0.2) is 6.61 Å². The highest BCUT2D eigenvalue weighted by Gasteiger charge is 2.16. The first-order valence-electron chi connectivity index (χ1n) is 7.65. The minimum atomic E-state index is -0.555. The Morgan fingerprint density at radius 3 is 2.36 bits per heavy atom. The van der Waals surface area contributed by atoms with E-state index >= 15 is 0 Å². The first-order valence-corrected chi connectivity index (χ1v) is 7.65. The van der Waals surface area contributed by atoms with Gasteiger partial charge in [0.2, 0.25) is 0 Å². The highest BCUT2D eigenvalue weighted by atomic mass is 16.5. The molecule has 0 atom stereocenters. The molecule has 0 spiro atoms. The van der Waals surface area contributed by atoms with Gasteiger partial charge in [-0.05, 0) is 37.1 Å². The smallest absolute Gasteiger partial charge is 0.338 e. The van der Waals surface area contributed by atoms with E-state index in [0.29, 0.717) is 11.1 Å². The Labute approximate surface area is 130 Å². The first kappa shape index (κ1) is 16.0. The number of amides is 1. The van der Waals surface area contributed by atoms with Crippen LogP contribution in [0, 0.1) is 11.3 Å². The summed E-state index contributed by atoms with van der Waals surface area (Å²) >= 11 is 0. The lowest BCUT2D eigenvalue weighted by Crippen LogP contribution is -2.37. The van der Waals surface area contributed by atoms with Crippen LogP contribution in [0.15, 0.2) is 24.3 Å². The van der Waals surface area contributed by atoms with Crippen molar-refractivity contribution in [3.8, 4) is 6.07 Å². The number of hydrogen-bond acceptors (Lipinski definition) is 4. The molecule has 0 radical (unpaired) electrons. The molecule has 0 saturated heterocycles. The summed E-state index contributed by atoms with van der Waals surface area (Å²) < 4.78 is 5.00. The molecular formula is C17H20N2O3. The molecule has 0 heterocycles. The molecule has 116 valence electrons. The van der Waals surface area contributed by atoms with Crippen molar-refractivity contribution >= 4 is 11.9 Å². The topological polar surface area (TPSA) is 79.2 Å². The van der Waals surface area contributed by atoms with E-state index < -0.39 is 5.97 Å². The average Bonchev–Trinajstić information content (AvgIpc) is 2.81. The van der Waals surface area contributed by atoms with E-state index in [0.717, 1.165) is 25.7 Å². The zero-order valence-electron chi connectivity index (χ0n) is 12.5. The average molecular weight is 300 g/mol. The van der Waals surface area contributed by atoms with Crippen LogP contribution in [0.2, 0.25) is 0 Å². The zero-order valence-corrected chi connectivity index (χ0v) is 12.5. The summed E-state index contributed by atoms with van der Waals surface area (Å²) in [5, 5.41) is 11.6. The van der Waals surface area contributed by atoms with Crippen molar-refractivity contribution in [1.29, 1.82) is 5.26 Å². The van der Waals surface area contributed by atoms with Crippen molar-refractivity contribution in [3.63, 3.8) is 0 Å².